The minimum atomic E-state index is -4.51. The van der Waals surface area contributed by atoms with Gasteiger partial charge in [0.15, 0.2) is 5.60 Å². The number of carboxylic acid groups (broad SMARTS) is 1. The van der Waals surface area contributed by atoms with Crippen LogP contribution in [0.1, 0.15) is 6.92 Å². The Morgan fingerprint density at radius 1 is 1.27 bits per heavy atom. The van der Waals surface area contributed by atoms with E-state index in [0.29, 0.717) is 0 Å². The lowest BCUT2D eigenvalue weighted by Crippen LogP contribution is -2.47. The largest absolute Gasteiger partial charge is 0.479 e. The maximum Gasteiger partial charge on any atom is 0.446 e. The molecule has 2 amide bonds. The van der Waals surface area contributed by atoms with Gasteiger partial charge in [-0.2, -0.15) is 13.2 Å². The maximum atomic E-state index is 12.4. The highest BCUT2D eigenvalue weighted by molar-refractivity contribution is 8.00. The monoisotopic (exact) mass is 338 g/mol. The van der Waals surface area contributed by atoms with Crippen molar-refractivity contribution in [3.63, 3.8) is 0 Å². The Labute approximate surface area is 127 Å². The smallest absolute Gasteiger partial charge is 0.446 e. The molecule has 0 heterocycles. The highest BCUT2D eigenvalue weighted by Crippen LogP contribution is 2.40. The van der Waals surface area contributed by atoms with Crippen LogP contribution in [0.4, 0.5) is 23.7 Å². The van der Waals surface area contributed by atoms with E-state index in [4.69, 9.17) is 5.11 Å². The summed E-state index contributed by atoms with van der Waals surface area (Å²) in [6, 6.07) is 4.33. The summed E-state index contributed by atoms with van der Waals surface area (Å²) in [6.07, 6.45) is 0. The maximum absolute atomic E-state index is 12.4. The van der Waals surface area contributed by atoms with Gasteiger partial charge in [-0.3, -0.25) is 0 Å². The van der Waals surface area contributed by atoms with E-state index in [2.05, 4.69) is 10.6 Å². The van der Waals surface area contributed by atoms with Crippen molar-refractivity contribution in [2.24, 2.45) is 0 Å². The van der Waals surface area contributed by atoms with Gasteiger partial charge in [0, 0.05) is 4.90 Å². The second-order valence-corrected chi connectivity index (χ2v) is 5.54. The van der Waals surface area contributed by atoms with Crippen molar-refractivity contribution < 1.29 is 33.0 Å². The molecule has 0 spiro atoms. The Hall–Kier alpha value is -1.94. The van der Waals surface area contributed by atoms with Crippen LogP contribution in [0.25, 0.3) is 0 Å². The predicted molar refractivity (Wildman–Crippen MR) is 73.6 cm³/mol. The van der Waals surface area contributed by atoms with E-state index in [-0.39, 0.29) is 22.3 Å². The number of halogens is 3. The number of hydrogen-bond acceptors (Lipinski definition) is 4. The third kappa shape index (κ3) is 5.82. The van der Waals surface area contributed by atoms with E-state index in [9.17, 15) is 27.9 Å². The topological polar surface area (TPSA) is 98.7 Å². The van der Waals surface area contributed by atoms with Crippen molar-refractivity contribution in [2.75, 3.05) is 11.9 Å². The fourth-order valence-electron chi connectivity index (χ4n) is 1.28. The van der Waals surface area contributed by atoms with Crippen LogP contribution in [0.2, 0.25) is 0 Å². The number of amides is 2. The van der Waals surface area contributed by atoms with Crippen LogP contribution in [-0.2, 0) is 4.79 Å². The first-order valence-corrected chi connectivity index (χ1v) is 6.68. The molecule has 122 valence electrons. The predicted octanol–water partition coefficient (Wildman–Crippen LogP) is 2.26. The van der Waals surface area contributed by atoms with E-state index < -0.39 is 29.7 Å². The van der Waals surface area contributed by atoms with Crippen molar-refractivity contribution in [3.8, 4) is 0 Å². The van der Waals surface area contributed by atoms with Gasteiger partial charge in [-0.15, -0.1) is 0 Å². The van der Waals surface area contributed by atoms with Gasteiger partial charge in [0.05, 0.1) is 12.2 Å². The van der Waals surface area contributed by atoms with Crippen LogP contribution >= 0.6 is 11.8 Å². The van der Waals surface area contributed by atoms with Crippen molar-refractivity contribution in [3.05, 3.63) is 24.3 Å². The minimum absolute atomic E-state index is 0.0858. The molecule has 1 unspecified atom stereocenters. The third-order valence-corrected chi connectivity index (χ3v) is 3.22. The SMILES string of the molecule is CC(O)(CNC(=O)Nc1ccccc1SC(F)(F)F)C(=O)O. The van der Waals surface area contributed by atoms with Gasteiger partial charge in [-0.05, 0) is 30.8 Å². The second kappa shape index (κ2) is 6.88. The number of aliphatic hydroxyl groups is 1. The number of carboxylic acids is 1. The quantitative estimate of drug-likeness (QED) is 0.617. The number of nitrogens with one attached hydrogen (secondary N) is 2. The number of anilines is 1. The minimum Gasteiger partial charge on any atom is -0.479 e. The number of hydrogen-bond donors (Lipinski definition) is 4. The summed E-state index contributed by atoms with van der Waals surface area (Å²) in [4.78, 5) is 22.0. The molecule has 1 aromatic carbocycles. The molecule has 0 fully saturated rings. The summed E-state index contributed by atoms with van der Waals surface area (Å²) in [5.74, 6) is -1.54. The van der Waals surface area contributed by atoms with E-state index in [1.807, 2.05) is 0 Å². The first-order valence-electron chi connectivity index (χ1n) is 5.87. The van der Waals surface area contributed by atoms with Crippen LogP contribution < -0.4 is 10.6 Å². The Kier molecular flexibility index (Phi) is 5.66. The van der Waals surface area contributed by atoms with Crippen molar-refractivity contribution in [1.29, 1.82) is 0 Å². The van der Waals surface area contributed by atoms with Crippen molar-refractivity contribution in [1.82, 2.24) is 5.32 Å². The lowest BCUT2D eigenvalue weighted by molar-refractivity contribution is -0.155. The molecule has 1 atom stereocenters. The molecule has 10 heteroatoms. The summed E-state index contributed by atoms with van der Waals surface area (Å²) < 4.78 is 37.2. The van der Waals surface area contributed by atoms with Gasteiger partial charge in [0.1, 0.15) is 0 Å². The molecular formula is C12H13F3N2O4S. The molecule has 0 aromatic heterocycles. The lowest BCUT2D eigenvalue weighted by atomic mass is 10.1. The molecule has 1 rings (SSSR count). The molecule has 0 aliphatic rings. The molecule has 0 radical (unpaired) electrons. The molecular weight excluding hydrogens is 325 g/mol. The van der Waals surface area contributed by atoms with Crippen LogP contribution in [0.15, 0.2) is 29.2 Å². The molecule has 4 N–H and O–H groups in total. The number of carbonyl (C=O) groups excluding carboxylic acids is 1. The van der Waals surface area contributed by atoms with Crippen molar-refractivity contribution >= 4 is 29.4 Å². The Morgan fingerprint density at radius 3 is 2.41 bits per heavy atom. The number of urea groups is 1. The van der Waals surface area contributed by atoms with E-state index in [1.54, 1.807) is 0 Å². The standard InChI is InChI=1S/C12H13F3N2O4S/c1-11(21,9(18)19)6-16-10(20)17-7-4-2-3-5-8(7)22-12(13,14)15/h2-5,21H,6H2,1H3,(H,18,19)(H2,16,17,20). The summed E-state index contributed by atoms with van der Waals surface area (Å²) >= 11 is -0.388. The molecule has 22 heavy (non-hydrogen) atoms. The number of thioether (sulfide) groups is 1. The first kappa shape index (κ1) is 18.1. The van der Waals surface area contributed by atoms with E-state index in [0.717, 1.165) is 6.92 Å². The number of benzene rings is 1. The highest BCUT2D eigenvalue weighted by Gasteiger charge is 2.31. The van der Waals surface area contributed by atoms with E-state index in [1.165, 1.54) is 24.3 Å². The first-order chi connectivity index (χ1) is 10.0. The summed E-state index contributed by atoms with van der Waals surface area (Å²) in [7, 11) is 0. The number of para-hydroxylation sites is 1. The van der Waals surface area contributed by atoms with Gasteiger partial charge in [0.25, 0.3) is 0 Å². The van der Waals surface area contributed by atoms with Crippen LogP contribution in [0, 0.1) is 0 Å². The van der Waals surface area contributed by atoms with Crippen LogP contribution in [-0.4, -0.2) is 39.9 Å². The number of rotatable bonds is 5. The fourth-order valence-corrected chi connectivity index (χ4v) is 1.90. The van der Waals surface area contributed by atoms with Crippen LogP contribution in [0.3, 0.4) is 0 Å². The number of carbonyl (C=O) groups is 2. The highest BCUT2D eigenvalue weighted by atomic mass is 32.2. The Bertz CT molecular complexity index is 564. The van der Waals surface area contributed by atoms with Crippen molar-refractivity contribution in [2.45, 2.75) is 22.9 Å². The van der Waals surface area contributed by atoms with Gasteiger partial charge in [-0.25, -0.2) is 9.59 Å². The zero-order valence-electron chi connectivity index (χ0n) is 11.3. The molecule has 0 saturated heterocycles. The molecule has 0 aliphatic carbocycles. The van der Waals surface area contributed by atoms with Gasteiger partial charge >= 0.3 is 17.5 Å². The molecule has 0 aliphatic heterocycles. The average Bonchev–Trinajstić information content (AvgIpc) is 2.37. The normalized spacial score (nSPS) is 14.0. The second-order valence-electron chi connectivity index (χ2n) is 4.43. The molecule has 0 bridgehead atoms. The third-order valence-electron chi connectivity index (χ3n) is 2.41. The van der Waals surface area contributed by atoms with E-state index >= 15 is 0 Å². The summed E-state index contributed by atoms with van der Waals surface area (Å²) in [5, 5.41) is 22.3. The molecule has 6 nitrogen and oxygen atoms in total. The molecule has 1 aromatic rings. The fraction of sp³-hybridized carbons (Fsp3) is 0.333. The lowest BCUT2D eigenvalue weighted by Gasteiger charge is -2.19. The van der Waals surface area contributed by atoms with Gasteiger partial charge < -0.3 is 20.8 Å². The zero-order chi connectivity index (χ0) is 17.0. The summed E-state index contributed by atoms with van der Waals surface area (Å²) in [6.45, 7) is 0.367. The molecule has 0 saturated carbocycles. The van der Waals surface area contributed by atoms with Crippen LogP contribution in [0.5, 0.6) is 0 Å². The average molecular weight is 338 g/mol. The van der Waals surface area contributed by atoms with Gasteiger partial charge in [0.2, 0.25) is 0 Å². The Morgan fingerprint density at radius 2 is 1.86 bits per heavy atom. The van der Waals surface area contributed by atoms with Gasteiger partial charge in [-0.1, -0.05) is 12.1 Å². The number of aliphatic carboxylic acids is 1. The summed E-state index contributed by atoms with van der Waals surface area (Å²) in [5.41, 5.74) is -6.78. The Balaban J connectivity index is 2.71. The zero-order valence-corrected chi connectivity index (χ0v) is 12.1. The number of alkyl halides is 3.